The van der Waals surface area contributed by atoms with Gasteiger partial charge in [-0.05, 0) is 30.4 Å². The third-order valence-electron chi connectivity index (χ3n) is 2.88. The summed E-state index contributed by atoms with van der Waals surface area (Å²) in [6.07, 6.45) is 2.82. The molecule has 0 fully saturated rings. The predicted molar refractivity (Wildman–Crippen MR) is 76.6 cm³/mol. The summed E-state index contributed by atoms with van der Waals surface area (Å²) in [5.41, 5.74) is -0.191. The highest BCUT2D eigenvalue weighted by Gasteiger charge is 2.10. The Bertz CT molecular complexity index is 958. The quantitative estimate of drug-likeness (QED) is 0.592. The van der Waals surface area contributed by atoms with Crippen molar-refractivity contribution in [1.29, 1.82) is 0 Å². The molecule has 3 rings (SSSR count). The molecule has 0 aliphatic heterocycles. The summed E-state index contributed by atoms with van der Waals surface area (Å²) in [5, 5.41) is 10.8. The van der Waals surface area contributed by atoms with Gasteiger partial charge in [-0.2, -0.15) is 0 Å². The summed E-state index contributed by atoms with van der Waals surface area (Å²) in [5.74, 6) is -0.472. The molecule has 0 atom stereocenters. The standard InChI is InChI=1S/C14H8FN3O4/c15-8-1-4-10-11(7-8)16-12(17-14(10)19)5-2-9-3-6-13(22-9)18(20)21/h1-7H,(H,16,17,19). The van der Waals surface area contributed by atoms with Crippen LogP contribution < -0.4 is 5.56 Å². The molecular formula is C14H8FN3O4. The van der Waals surface area contributed by atoms with Crippen molar-refractivity contribution in [3.05, 3.63) is 68.2 Å². The van der Waals surface area contributed by atoms with E-state index in [0.717, 1.165) is 6.07 Å². The lowest BCUT2D eigenvalue weighted by Gasteiger charge is -1.98. The maximum absolute atomic E-state index is 13.2. The minimum Gasteiger partial charge on any atom is -0.401 e. The molecule has 0 spiro atoms. The van der Waals surface area contributed by atoms with Crippen molar-refractivity contribution in [2.45, 2.75) is 0 Å². The topological polar surface area (TPSA) is 102 Å². The van der Waals surface area contributed by atoms with E-state index in [-0.39, 0.29) is 28.4 Å². The average molecular weight is 301 g/mol. The van der Waals surface area contributed by atoms with E-state index in [4.69, 9.17) is 4.42 Å². The number of nitrogens with zero attached hydrogens (tertiary/aromatic N) is 2. The lowest BCUT2D eigenvalue weighted by molar-refractivity contribution is -0.402. The Morgan fingerprint density at radius 3 is 2.82 bits per heavy atom. The Kier molecular flexibility index (Phi) is 3.26. The molecule has 2 aromatic heterocycles. The second-order valence-electron chi connectivity index (χ2n) is 4.38. The van der Waals surface area contributed by atoms with Crippen molar-refractivity contribution in [3.63, 3.8) is 0 Å². The molecule has 0 bridgehead atoms. The second-order valence-corrected chi connectivity index (χ2v) is 4.38. The van der Waals surface area contributed by atoms with E-state index in [9.17, 15) is 19.3 Å². The van der Waals surface area contributed by atoms with Crippen LogP contribution in [0.15, 0.2) is 39.5 Å². The van der Waals surface area contributed by atoms with Crippen molar-refractivity contribution in [3.8, 4) is 0 Å². The number of benzene rings is 1. The molecule has 3 aromatic rings. The summed E-state index contributed by atoms with van der Waals surface area (Å²) in [4.78, 5) is 28.3. The fourth-order valence-electron chi connectivity index (χ4n) is 1.90. The van der Waals surface area contributed by atoms with Crippen molar-refractivity contribution in [1.82, 2.24) is 9.97 Å². The molecule has 22 heavy (non-hydrogen) atoms. The molecule has 0 saturated carbocycles. The number of nitro groups is 1. The zero-order valence-electron chi connectivity index (χ0n) is 10.9. The third-order valence-corrected chi connectivity index (χ3v) is 2.88. The van der Waals surface area contributed by atoms with E-state index >= 15 is 0 Å². The maximum Gasteiger partial charge on any atom is 0.433 e. The maximum atomic E-state index is 13.2. The van der Waals surface area contributed by atoms with Crippen molar-refractivity contribution in [2.24, 2.45) is 0 Å². The van der Waals surface area contributed by atoms with Gasteiger partial charge < -0.3 is 9.40 Å². The molecule has 1 aromatic carbocycles. The summed E-state index contributed by atoms with van der Waals surface area (Å²) < 4.78 is 18.1. The largest absolute Gasteiger partial charge is 0.433 e. The molecular weight excluding hydrogens is 293 g/mol. The van der Waals surface area contributed by atoms with Crippen molar-refractivity contribution < 1.29 is 13.7 Å². The first kappa shape index (κ1) is 13.7. The molecule has 1 N–H and O–H groups in total. The Morgan fingerprint density at radius 1 is 1.27 bits per heavy atom. The molecule has 0 aliphatic carbocycles. The summed E-state index contributed by atoms with van der Waals surface area (Å²) in [6, 6.07) is 6.30. The van der Waals surface area contributed by atoms with Crippen LogP contribution in [0.3, 0.4) is 0 Å². The number of H-pyrrole nitrogens is 1. The minimum absolute atomic E-state index is 0.183. The first-order chi connectivity index (χ1) is 10.5. The smallest absolute Gasteiger partial charge is 0.401 e. The average Bonchev–Trinajstić information content (AvgIpc) is 2.93. The van der Waals surface area contributed by atoms with Crippen LogP contribution in [-0.4, -0.2) is 14.9 Å². The van der Waals surface area contributed by atoms with Crippen LogP contribution in [0.1, 0.15) is 11.6 Å². The Balaban J connectivity index is 1.97. The monoisotopic (exact) mass is 301 g/mol. The zero-order valence-corrected chi connectivity index (χ0v) is 10.9. The summed E-state index contributed by atoms with van der Waals surface area (Å²) in [7, 11) is 0. The number of halogens is 1. The summed E-state index contributed by atoms with van der Waals surface area (Å²) >= 11 is 0. The van der Waals surface area contributed by atoms with E-state index in [1.807, 2.05) is 0 Å². The molecule has 0 unspecified atom stereocenters. The molecule has 7 nitrogen and oxygen atoms in total. The van der Waals surface area contributed by atoms with Crippen LogP contribution in [0.2, 0.25) is 0 Å². The Hall–Kier alpha value is -3.29. The van der Waals surface area contributed by atoms with Crippen LogP contribution in [0.4, 0.5) is 10.3 Å². The van der Waals surface area contributed by atoms with Gasteiger partial charge in [0.2, 0.25) is 0 Å². The Morgan fingerprint density at radius 2 is 2.09 bits per heavy atom. The number of furan rings is 1. The molecule has 0 amide bonds. The van der Waals surface area contributed by atoms with E-state index in [0.29, 0.717) is 0 Å². The molecule has 2 heterocycles. The minimum atomic E-state index is -0.656. The van der Waals surface area contributed by atoms with Gasteiger partial charge in [0.15, 0.2) is 0 Å². The first-order valence-electron chi connectivity index (χ1n) is 6.15. The second kappa shape index (κ2) is 5.24. The molecule has 0 saturated heterocycles. The zero-order chi connectivity index (χ0) is 15.7. The highest BCUT2D eigenvalue weighted by atomic mass is 19.1. The van der Waals surface area contributed by atoms with Crippen LogP contribution in [0.25, 0.3) is 23.1 Å². The van der Waals surface area contributed by atoms with Gasteiger partial charge in [-0.15, -0.1) is 0 Å². The normalized spacial score (nSPS) is 11.3. The van der Waals surface area contributed by atoms with Gasteiger partial charge in [-0.25, -0.2) is 9.37 Å². The van der Waals surface area contributed by atoms with Gasteiger partial charge in [0.1, 0.15) is 22.3 Å². The summed E-state index contributed by atoms with van der Waals surface area (Å²) in [6.45, 7) is 0. The van der Waals surface area contributed by atoms with Crippen LogP contribution in [0, 0.1) is 15.9 Å². The number of nitrogens with one attached hydrogen (secondary N) is 1. The molecule has 0 aliphatic rings. The fourth-order valence-corrected chi connectivity index (χ4v) is 1.90. The van der Waals surface area contributed by atoms with Gasteiger partial charge in [0.25, 0.3) is 5.56 Å². The van der Waals surface area contributed by atoms with Gasteiger partial charge in [0.05, 0.1) is 17.0 Å². The lowest BCUT2D eigenvalue weighted by atomic mass is 10.2. The number of aromatic nitrogens is 2. The lowest BCUT2D eigenvalue weighted by Crippen LogP contribution is -2.09. The number of hydrogen-bond acceptors (Lipinski definition) is 5. The first-order valence-corrected chi connectivity index (χ1v) is 6.15. The van der Waals surface area contributed by atoms with E-state index in [1.165, 1.54) is 36.4 Å². The highest BCUT2D eigenvalue weighted by Crippen LogP contribution is 2.17. The number of hydrogen-bond donors (Lipinski definition) is 1. The van der Waals surface area contributed by atoms with Crippen LogP contribution in [0.5, 0.6) is 0 Å². The number of fused-ring (bicyclic) bond motifs is 1. The van der Waals surface area contributed by atoms with Crippen LogP contribution >= 0.6 is 0 Å². The van der Waals surface area contributed by atoms with Gasteiger partial charge >= 0.3 is 5.88 Å². The van der Waals surface area contributed by atoms with Crippen LogP contribution in [-0.2, 0) is 0 Å². The van der Waals surface area contributed by atoms with Crippen molar-refractivity contribution in [2.75, 3.05) is 0 Å². The Labute approximate surface area is 121 Å². The third kappa shape index (κ3) is 2.62. The highest BCUT2D eigenvalue weighted by molar-refractivity contribution is 5.78. The van der Waals surface area contributed by atoms with E-state index in [1.54, 1.807) is 0 Å². The fraction of sp³-hybridized carbons (Fsp3) is 0. The van der Waals surface area contributed by atoms with Gasteiger partial charge in [-0.3, -0.25) is 14.9 Å². The molecule has 8 heteroatoms. The van der Waals surface area contributed by atoms with Gasteiger partial charge in [-0.1, -0.05) is 0 Å². The molecule has 110 valence electrons. The number of aromatic amines is 1. The van der Waals surface area contributed by atoms with Gasteiger partial charge in [0, 0.05) is 6.07 Å². The van der Waals surface area contributed by atoms with E-state index in [2.05, 4.69) is 9.97 Å². The number of rotatable bonds is 3. The van der Waals surface area contributed by atoms with E-state index < -0.39 is 16.3 Å². The van der Waals surface area contributed by atoms with Crippen molar-refractivity contribution >= 4 is 28.9 Å². The SMILES string of the molecule is O=c1[nH]c(C=Cc2ccc([N+](=O)[O-])o2)nc2cc(F)ccc12. The molecule has 0 radical (unpaired) electrons. The predicted octanol–water partition coefficient (Wildman–Crippen LogP) is 2.73.